The molecule has 0 aliphatic rings. The molecule has 4 nitrogen and oxygen atoms in total. The van der Waals surface area contributed by atoms with Crippen LogP contribution in [0, 0.1) is 0 Å². The van der Waals surface area contributed by atoms with E-state index in [4.69, 9.17) is 18.0 Å². The van der Waals surface area contributed by atoms with Crippen LogP contribution in [0.2, 0.25) is 6.04 Å². The van der Waals surface area contributed by atoms with Crippen LogP contribution in [-0.2, 0) is 24.4 Å². The molecule has 138 valence electrons. The van der Waals surface area contributed by atoms with E-state index in [1.807, 2.05) is 26.8 Å². The van der Waals surface area contributed by atoms with E-state index in [-0.39, 0.29) is 11.7 Å². The number of ether oxygens (including phenoxy) is 1. The van der Waals surface area contributed by atoms with E-state index in [1.165, 1.54) is 5.56 Å². The largest absolute Gasteiger partial charge is 0.503 e. The van der Waals surface area contributed by atoms with Gasteiger partial charge in [-0.25, -0.2) is 0 Å². The van der Waals surface area contributed by atoms with Crippen LogP contribution in [0.1, 0.15) is 47.1 Å². The maximum atomic E-state index is 6.33. The highest BCUT2D eigenvalue weighted by atomic mass is 28.4. The van der Waals surface area contributed by atoms with Gasteiger partial charge in [0, 0.05) is 25.9 Å². The fraction of sp³-hybridized carbons (Fsp3) is 0.684. The second-order valence-electron chi connectivity index (χ2n) is 6.73. The van der Waals surface area contributed by atoms with E-state index in [0.717, 1.165) is 6.42 Å². The summed E-state index contributed by atoms with van der Waals surface area (Å²) in [5, 5.41) is 0. The Labute approximate surface area is 148 Å². The van der Waals surface area contributed by atoms with Gasteiger partial charge in [0.1, 0.15) is 0 Å². The van der Waals surface area contributed by atoms with E-state index in [0.29, 0.717) is 25.9 Å². The van der Waals surface area contributed by atoms with Crippen molar-refractivity contribution in [2.24, 2.45) is 0 Å². The van der Waals surface area contributed by atoms with Crippen molar-refractivity contribution >= 4 is 8.80 Å². The van der Waals surface area contributed by atoms with Gasteiger partial charge in [-0.15, -0.1) is 0 Å². The molecule has 1 aromatic carbocycles. The standard InChI is InChI=1S/C19H34O4Si/c1-7-20-24(21-8-2,22-9-3)16-18(23-19(4,5)6)15-17-13-11-10-12-14-17/h10-14,18H,7-9,15-16H2,1-6H3. The first-order valence-electron chi connectivity index (χ1n) is 8.97. The van der Waals surface area contributed by atoms with Gasteiger partial charge in [-0.3, -0.25) is 0 Å². The van der Waals surface area contributed by atoms with Crippen molar-refractivity contribution < 1.29 is 18.0 Å². The summed E-state index contributed by atoms with van der Waals surface area (Å²) in [5.41, 5.74) is 1.02. The van der Waals surface area contributed by atoms with E-state index in [2.05, 4.69) is 45.0 Å². The molecule has 1 atom stereocenters. The highest BCUT2D eigenvalue weighted by molar-refractivity contribution is 6.60. The molecule has 1 rings (SSSR count). The quantitative estimate of drug-likeness (QED) is 0.550. The zero-order valence-corrected chi connectivity index (χ0v) is 17.1. The van der Waals surface area contributed by atoms with Crippen LogP contribution in [0.25, 0.3) is 0 Å². The van der Waals surface area contributed by atoms with Crippen molar-refractivity contribution in [3.05, 3.63) is 35.9 Å². The summed E-state index contributed by atoms with van der Waals surface area (Å²) in [6, 6.07) is 11.1. The SMILES string of the molecule is CCO[Si](CC(Cc1ccccc1)OC(C)(C)C)(OCC)OCC. The van der Waals surface area contributed by atoms with Crippen molar-refractivity contribution in [3.8, 4) is 0 Å². The molecule has 0 aliphatic heterocycles. The molecule has 0 spiro atoms. The fourth-order valence-electron chi connectivity index (χ4n) is 2.77. The molecule has 1 aromatic rings. The summed E-state index contributed by atoms with van der Waals surface area (Å²) in [7, 11) is -2.74. The van der Waals surface area contributed by atoms with E-state index in [9.17, 15) is 0 Å². The average molecular weight is 355 g/mol. The molecule has 0 bridgehead atoms. The highest BCUT2D eigenvalue weighted by Gasteiger charge is 2.44. The van der Waals surface area contributed by atoms with Gasteiger partial charge in [0.2, 0.25) is 0 Å². The third-order valence-corrected chi connectivity index (χ3v) is 6.54. The lowest BCUT2D eigenvalue weighted by molar-refractivity contribution is -0.0599. The summed E-state index contributed by atoms with van der Waals surface area (Å²) >= 11 is 0. The minimum absolute atomic E-state index is 0.0104. The summed E-state index contributed by atoms with van der Waals surface area (Å²) in [6.45, 7) is 13.9. The van der Waals surface area contributed by atoms with Gasteiger partial charge in [0.05, 0.1) is 11.7 Å². The Morgan fingerprint density at radius 2 is 1.38 bits per heavy atom. The van der Waals surface area contributed by atoms with Gasteiger partial charge in [0.25, 0.3) is 0 Å². The number of hydrogen-bond donors (Lipinski definition) is 0. The first kappa shape index (κ1) is 21.3. The smallest absolute Gasteiger partial charge is 0.374 e. The molecular weight excluding hydrogens is 320 g/mol. The Bertz CT molecular complexity index is 427. The van der Waals surface area contributed by atoms with Gasteiger partial charge in [0.15, 0.2) is 0 Å². The summed E-state index contributed by atoms with van der Waals surface area (Å²) < 4.78 is 24.4. The first-order chi connectivity index (χ1) is 11.3. The fourth-order valence-corrected chi connectivity index (χ4v) is 5.48. The van der Waals surface area contributed by atoms with Crippen molar-refractivity contribution in [3.63, 3.8) is 0 Å². The van der Waals surface area contributed by atoms with Crippen LogP contribution in [0.15, 0.2) is 30.3 Å². The normalized spacial score (nSPS) is 13.9. The minimum atomic E-state index is -2.74. The van der Waals surface area contributed by atoms with E-state index < -0.39 is 8.80 Å². The highest BCUT2D eigenvalue weighted by Crippen LogP contribution is 2.25. The Morgan fingerprint density at radius 1 is 0.875 bits per heavy atom. The molecule has 1 unspecified atom stereocenters. The predicted octanol–water partition coefficient (Wildman–Crippen LogP) is 4.46. The van der Waals surface area contributed by atoms with E-state index in [1.54, 1.807) is 0 Å². The van der Waals surface area contributed by atoms with E-state index >= 15 is 0 Å². The van der Waals surface area contributed by atoms with Crippen LogP contribution in [0.4, 0.5) is 0 Å². The maximum Gasteiger partial charge on any atom is 0.503 e. The molecule has 0 aliphatic carbocycles. The van der Waals surface area contributed by atoms with Crippen molar-refractivity contribution in [2.75, 3.05) is 19.8 Å². The van der Waals surface area contributed by atoms with Crippen molar-refractivity contribution in [1.29, 1.82) is 0 Å². The lowest BCUT2D eigenvalue weighted by atomic mass is 10.1. The predicted molar refractivity (Wildman–Crippen MR) is 100 cm³/mol. The maximum absolute atomic E-state index is 6.33. The lowest BCUT2D eigenvalue weighted by Gasteiger charge is -2.34. The van der Waals surface area contributed by atoms with Crippen LogP contribution < -0.4 is 0 Å². The van der Waals surface area contributed by atoms with Crippen LogP contribution >= 0.6 is 0 Å². The summed E-state index contributed by atoms with van der Waals surface area (Å²) in [6.07, 6.45) is 0.809. The average Bonchev–Trinajstić information content (AvgIpc) is 2.47. The molecule has 0 amide bonds. The van der Waals surface area contributed by atoms with Gasteiger partial charge < -0.3 is 18.0 Å². The molecule has 24 heavy (non-hydrogen) atoms. The van der Waals surface area contributed by atoms with Crippen LogP contribution in [0.5, 0.6) is 0 Å². The van der Waals surface area contributed by atoms with Gasteiger partial charge in [-0.2, -0.15) is 0 Å². The molecule has 0 heterocycles. The van der Waals surface area contributed by atoms with Crippen molar-refractivity contribution in [1.82, 2.24) is 0 Å². The molecule has 0 N–H and O–H groups in total. The second-order valence-corrected chi connectivity index (χ2v) is 9.37. The third-order valence-electron chi connectivity index (χ3n) is 3.40. The first-order valence-corrected chi connectivity index (χ1v) is 10.9. The lowest BCUT2D eigenvalue weighted by Crippen LogP contribution is -2.50. The zero-order valence-electron chi connectivity index (χ0n) is 16.1. The van der Waals surface area contributed by atoms with Crippen LogP contribution in [-0.4, -0.2) is 40.3 Å². The van der Waals surface area contributed by atoms with Gasteiger partial charge in [-0.05, 0) is 53.5 Å². The van der Waals surface area contributed by atoms with Gasteiger partial charge in [-0.1, -0.05) is 30.3 Å². The zero-order chi connectivity index (χ0) is 18.1. The topological polar surface area (TPSA) is 36.9 Å². The Morgan fingerprint density at radius 3 is 1.79 bits per heavy atom. The molecule has 0 radical (unpaired) electrons. The van der Waals surface area contributed by atoms with Gasteiger partial charge >= 0.3 is 8.80 Å². The summed E-state index contributed by atoms with van der Waals surface area (Å²) in [4.78, 5) is 0. The number of rotatable bonds is 11. The number of benzene rings is 1. The van der Waals surface area contributed by atoms with Crippen molar-refractivity contribution in [2.45, 2.75) is 65.7 Å². The second kappa shape index (κ2) is 10.3. The Kier molecular flexibility index (Phi) is 9.16. The Balaban J connectivity index is 2.97. The number of hydrogen-bond acceptors (Lipinski definition) is 4. The van der Waals surface area contributed by atoms with Crippen LogP contribution in [0.3, 0.4) is 0 Å². The minimum Gasteiger partial charge on any atom is -0.374 e. The third kappa shape index (κ3) is 7.90. The molecular formula is C19H34O4Si. The monoisotopic (exact) mass is 354 g/mol. The molecule has 0 saturated heterocycles. The summed E-state index contributed by atoms with van der Waals surface area (Å²) in [5.74, 6) is 0. The Hall–Kier alpha value is -0.723. The molecule has 0 saturated carbocycles. The molecule has 5 heteroatoms. The molecule has 0 aromatic heterocycles. The molecule has 0 fully saturated rings.